The van der Waals surface area contributed by atoms with E-state index in [9.17, 15) is 0 Å². The number of hydrogen-bond acceptors (Lipinski definition) is 2. The third-order valence-electron chi connectivity index (χ3n) is 2.87. The summed E-state index contributed by atoms with van der Waals surface area (Å²) in [5.74, 6) is 1.48. The normalized spacial score (nSPS) is 12.0. The van der Waals surface area contributed by atoms with E-state index in [2.05, 4.69) is 0 Å². The molecule has 2 rings (SSSR count). The van der Waals surface area contributed by atoms with Crippen molar-refractivity contribution in [3.63, 3.8) is 0 Å². The van der Waals surface area contributed by atoms with Crippen molar-refractivity contribution in [1.29, 1.82) is 0 Å². The van der Waals surface area contributed by atoms with E-state index in [1.807, 2.05) is 36.4 Å². The molecule has 4 heteroatoms. The molecule has 0 radical (unpaired) electrons. The van der Waals surface area contributed by atoms with Crippen molar-refractivity contribution in [2.24, 2.45) is 0 Å². The maximum atomic E-state index is 6.48. The van der Waals surface area contributed by atoms with Crippen molar-refractivity contribution in [2.75, 3.05) is 14.2 Å². The van der Waals surface area contributed by atoms with Gasteiger partial charge in [0.05, 0.1) is 19.6 Å². The fourth-order valence-electron chi connectivity index (χ4n) is 1.82. The second kappa shape index (κ2) is 6.18. The Kier molecular flexibility index (Phi) is 4.56. The monoisotopic (exact) mass is 296 g/mol. The molecule has 0 spiro atoms. The van der Waals surface area contributed by atoms with Crippen LogP contribution in [0.5, 0.6) is 11.5 Å². The lowest BCUT2D eigenvalue weighted by Crippen LogP contribution is -1.96. The Bertz CT molecular complexity index is 570. The van der Waals surface area contributed by atoms with Gasteiger partial charge in [0.25, 0.3) is 0 Å². The van der Waals surface area contributed by atoms with Gasteiger partial charge in [0, 0.05) is 5.02 Å². The van der Waals surface area contributed by atoms with Gasteiger partial charge in [-0.2, -0.15) is 0 Å². The lowest BCUT2D eigenvalue weighted by molar-refractivity contribution is 0.414. The Balaban J connectivity index is 2.35. The first-order valence-corrected chi connectivity index (χ1v) is 6.58. The molecule has 0 aliphatic carbocycles. The van der Waals surface area contributed by atoms with E-state index < -0.39 is 0 Å². The van der Waals surface area contributed by atoms with Crippen LogP contribution in [0.1, 0.15) is 16.5 Å². The molecule has 0 amide bonds. The van der Waals surface area contributed by atoms with Gasteiger partial charge in [-0.3, -0.25) is 0 Å². The Hall–Kier alpha value is -1.38. The molecule has 0 aliphatic heterocycles. The van der Waals surface area contributed by atoms with Crippen LogP contribution in [0.4, 0.5) is 0 Å². The van der Waals surface area contributed by atoms with Gasteiger partial charge in [0.2, 0.25) is 0 Å². The van der Waals surface area contributed by atoms with E-state index >= 15 is 0 Å². The summed E-state index contributed by atoms with van der Waals surface area (Å²) in [5.41, 5.74) is 1.78. The third kappa shape index (κ3) is 3.14. The fraction of sp³-hybridized carbons (Fsp3) is 0.200. The molecule has 0 heterocycles. The van der Waals surface area contributed by atoms with Crippen molar-refractivity contribution in [3.8, 4) is 11.5 Å². The summed E-state index contributed by atoms with van der Waals surface area (Å²) in [7, 11) is 3.23. The van der Waals surface area contributed by atoms with Crippen molar-refractivity contribution < 1.29 is 9.47 Å². The summed E-state index contributed by atoms with van der Waals surface area (Å²) in [6.45, 7) is 0. The quantitative estimate of drug-likeness (QED) is 0.762. The van der Waals surface area contributed by atoms with Gasteiger partial charge in [0.15, 0.2) is 0 Å². The van der Waals surface area contributed by atoms with Crippen LogP contribution in [0.2, 0.25) is 5.02 Å². The highest BCUT2D eigenvalue weighted by Crippen LogP contribution is 2.36. The first kappa shape index (κ1) is 14.0. The molecule has 1 atom stereocenters. The molecule has 100 valence electrons. The lowest BCUT2D eigenvalue weighted by Gasteiger charge is -2.14. The summed E-state index contributed by atoms with van der Waals surface area (Å²) in [4.78, 5) is 0. The average molecular weight is 297 g/mol. The predicted molar refractivity (Wildman–Crippen MR) is 78.7 cm³/mol. The number of alkyl halides is 1. The van der Waals surface area contributed by atoms with Gasteiger partial charge in [-0.25, -0.2) is 0 Å². The molecule has 0 saturated heterocycles. The molecular formula is C15H14Cl2O2. The molecule has 0 aromatic heterocycles. The fourth-order valence-corrected chi connectivity index (χ4v) is 2.48. The Morgan fingerprint density at radius 3 is 2.26 bits per heavy atom. The van der Waals surface area contributed by atoms with Gasteiger partial charge < -0.3 is 9.47 Å². The maximum absolute atomic E-state index is 6.48. The molecule has 1 unspecified atom stereocenters. The highest BCUT2D eigenvalue weighted by Gasteiger charge is 2.15. The number of methoxy groups -OCH3 is 2. The Labute approximate surface area is 122 Å². The van der Waals surface area contributed by atoms with Gasteiger partial charge in [-0.05, 0) is 35.4 Å². The summed E-state index contributed by atoms with van der Waals surface area (Å²) in [5, 5.41) is 0.260. The van der Waals surface area contributed by atoms with E-state index in [-0.39, 0.29) is 5.38 Å². The Morgan fingerprint density at radius 2 is 1.63 bits per heavy atom. The van der Waals surface area contributed by atoms with Crippen LogP contribution in [-0.2, 0) is 0 Å². The van der Waals surface area contributed by atoms with Crippen LogP contribution in [0.15, 0.2) is 42.5 Å². The van der Waals surface area contributed by atoms with Crippen molar-refractivity contribution in [2.45, 2.75) is 5.38 Å². The van der Waals surface area contributed by atoms with Crippen LogP contribution in [-0.4, -0.2) is 14.2 Å². The standard InChI is InChI=1S/C15H14Cl2O2/c1-18-11-5-3-4-10(8-11)15(17)13-7-6-12(19-2)9-14(13)16/h3-9,15H,1-2H3. The largest absolute Gasteiger partial charge is 0.497 e. The molecule has 0 bridgehead atoms. The SMILES string of the molecule is COc1cccc(C(Cl)c2ccc(OC)cc2Cl)c1. The van der Waals surface area contributed by atoms with Gasteiger partial charge in [0.1, 0.15) is 11.5 Å². The second-order valence-corrected chi connectivity index (χ2v) is 4.87. The van der Waals surface area contributed by atoms with Gasteiger partial charge in [-0.15, -0.1) is 11.6 Å². The summed E-state index contributed by atoms with van der Waals surface area (Å²) in [6, 6.07) is 13.1. The molecular weight excluding hydrogens is 283 g/mol. The van der Waals surface area contributed by atoms with Crippen molar-refractivity contribution >= 4 is 23.2 Å². The second-order valence-electron chi connectivity index (χ2n) is 4.03. The third-order valence-corrected chi connectivity index (χ3v) is 3.68. The van der Waals surface area contributed by atoms with Crippen LogP contribution >= 0.6 is 23.2 Å². The molecule has 0 N–H and O–H groups in total. The van der Waals surface area contributed by atoms with Crippen LogP contribution < -0.4 is 9.47 Å². The number of hydrogen-bond donors (Lipinski definition) is 0. The number of halogens is 2. The van der Waals surface area contributed by atoms with E-state index in [1.54, 1.807) is 20.3 Å². The van der Waals surface area contributed by atoms with Crippen LogP contribution in [0, 0.1) is 0 Å². The summed E-state index contributed by atoms with van der Waals surface area (Å²) < 4.78 is 10.3. The molecule has 0 fully saturated rings. The first-order chi connectivity index (χ1) is 9.15. The van der Waals surface area contributed by atoms with E-state index in [0.29, 0.717) is 10.8 Å². The van der Waals surface area contributed by atoms with Crippen LogP contribution in [0.3, 0.4) is 0 Å². The smallest absolute Gasteiger partial charge is 0.120 e. The molecule has 2 aromatic rings. The summed E-state index contributed by atoms with van der Waals surface area (Å²) >= 11 is 12.7. The predicted octanol–water partition coefficient (Wildman–Crippen LogP) is 4.69. The summed E-state index contributed by atoms with van der Waals surface area (Å²) in [6.07, 6.45) is 0. The molecule has 0 saturated carbocycles. The van der Waals surface area contributed by atoms with Crippen LogP contribution in [0.25, 0.3) is 0 Å². The molecule has 19 heavy (non-hydrogen) atoms. The van der Waals surface area contributed by atoms with Crippen molar-refractivity contribution in [3.05, 3.63) is 58.6 Å². The topological polar surface area (TPSA) is 18.5 Å². The lowest BCUT2D eigenvalue weighted by atomic mass is 10.0. The zero-order valence-electron chi connectivity index (χ0n) is 10.7. The highest BCUT2D eigenvalue weighted by atomic mass is 35.5. The van der Waals surface area contributed by atoms with E-state index in [1.165, 1.54) is 0 Å². The maximum Gasteiger partial charge on any atom is 0.120 e. The minimum atomic E-state index is -0.325. The molecule has 2 aromatic carbocycles. The first-order valence-electron chi connectivity index (χ1n) is 5.77. The van der Waals surface area contributed by atoms with E-state index in [4.69, 9.17) is 32.7 Å². The molecule has 0 aliphatic rings. The van der Waals surface area contributed by atoms with Crippen molar-refractivity contribution in [1.82, 2.24) is 0 Å². The average Bonchev–Trinajstić information content (AvgIpc) is 2.46. The minimum absolute atomic E-state index is 0.325. The number of benzene rings is 2. The zero-order chi connectivity index (χ0) is 13.8. The van der Waals surface area contributed by atoms with Gasteiger partial charge in [-0.1, -0.05) is 29.8 Å². The number of ether oxygens (including phenoxy) is 2. The Morgan fingerprint density at radius 1 is 0.947 bits per heavy atom. The molecule has 2 nitrogen and oxygen atoms in total. The minimum Gasteiger partial charge on any atom is -0.497 e. The zero-order valence-corrected chi connectivity index (χ0v) is 12.2. The van der Waals surface area contributed by atoms with E-state index in [0.717, 1.165) is 16.9 Å². The van der Waals surface area contributed by atoms with Gasteiger partial charge >= 0.3 is 0 Å². The number of rotatable bonds is 4. The highest BCUT2D eigenvalue weighted by molar-refractivity contribution is 6.33.